The second-order valence-corrected chi connectivity index (χ2v) is 3.06. The molecule has 0 unspecified atom stereocenters. The van der Waals surface area contributed by atoms with Gasteiger partial charge in [0.15, 0.2) is 5.82 Å². The summed E-state index contributed by atoms with van der Waals surface area (Å²) < 4.78 is 4.93. The minimum absolute atomic E-state index is 0.437. The lowest BCUT2D eigenvalue weighted by Crippen LogP contribution is -2.41. The Bertz CT molecular complexity index is 230. The maximum Gasteiger partial charge on any atom is 0.274 e. The van der Waals surface area contributed by atoms with Gasteiger partial charge < -0.3 is 15.0 Å². The van der Waals surface area contributed by atoms with Crippen LogP contribution in [0.5, 0.6) is 0 Å². The zero-order valence-corrected chi connectivity index (χ0v) is 8.23. The van der Waals surface area contributed by atoms with E-state index in [1.807, 2.05) is 4.90 Å². The average Bonchev–Trinajstić information content (AvgIpc) is 2.16. The normalized spacial score (nSPS) is 19.5. The van der Waals surface area contributed by atoms with Crippen LogP contribution in [0.3, 0.4) is 0 Å². The van der Waals surface area contributed by atoms with Gasteiger partial charge in [-0.2, -0.15) is 0 Å². The Morgan fingerprint density at radius 3 is 3.21 bits per heavy atom. The van der Waals surface area contributed by atoms with Gasteiger partial charge in [-0.15, -0.1) is 0 Å². The molecular formula is C8H15N3O3. The summed E-state index contributed by atoms with van der Waals surface area (Å²) in [7, 11) is 1.62. The molecule has 0 atom stereocenters. The van der Waals surface area contributed by atoms with Crippen LogP contribution < -0.4 is 5.32 Å². The summed E-state index contributed by atoms with van der Waals surface area (Å²) in [5.41, 5.74) is 0. The van der Waals surface area contributed by atoms with Crippen molar-refractivity contribution in [2.75, 3.05) is 33.4 Å². The number of ether oxygens (including phenoxy) is 1. The highest BCUT2D eigenvalue weighted by atomic mass is 16.6. The number of nitrogens with zero attached hydrogens (tertiary/aromatic N) is 2. The zero-order valence-electron chi connectivity index (χ0n) is 8.23. The molecule has 1 aliphatic rings. The summed E-state index contributed by atoms with van der Waals surface area (Å²) >= 11 is 0. The summed E-state index contributed by atoms with van der Waals surface area (Å²) in [5.74, 6) is 0.582. The van der Waals surface area contributed by atoms with Crippen molar-refractivity contribution in [3.05, 3.63) is 22.1 Å². The molecule has 1 heterocycles. The highest BCUT2D eigenvalue weighted by Gasteiger charge is 2.16. The van der Waals surface area contributed by atoms with Crippen molar-refractivity contribution in [1.29, 1.82) is 0 Å². The van der Waals surface area contributed by atoms with Crippen LogP contribution in [0.1, 0.15) is 6.42 Å². The van der Waals surface area contributed by atoms with Gasteiger partial charge in [0.05, 0.1) is 11.5 Å². The topological polar surface area (TPSA) is 67.6 Å². The molecule has 0 aromatic rings. The molecule has 6 heteroatoms. The van der Waals surface area contributed by atoms with Crippen LogP contribution in [0.25, 0.3) is 0 Å². The Morgan fingerprint density at radius 1 is 1.79 bits per heavy atom. The maximum atomic E-state index is 10.3. The van der Waals surface area contributed by atoms with Gasteiger partial charge in [0.2, 0.25) is 0 Å². The van der Waals surface area contributed by atoms with Gasteiger partial charge in [0.1, 0.15) is 0 Å². The van der Waals surface area contributed by atoms with E-state index in [0.717, 1.165) is 25.7 Å². The van der Waals surface area contributed by atoms with Crippen LogP contribution in [0.15, 0.2) is 12.0 Å². The van der Waals surface area contributed by atoms with Crippen LogP contribution in [0.4, 0.5) is 0 Å². The van der Waals surface area contributed by atoms with E-state index < -0.39 is 4.92 Å². The largest absolute Gasteiger partial charge is 0.383 e. The smallest absolute Gasteiger partial charge is 0.274 e. The van der Waals surface area contributed by atoms with E-state index in [2.05, 4.69) is 5.32 Å². The van der Waals surface area contributed by atoms with Crippen LogP contribution in [-0.4, -0.2) is 43.2 Å². The number of nitrogens with one attached hydrogen (secondary N) is 1. The molecule has 1 fully saturated rings. The highest BCUT2D eigenvalue weighted by Crippen LogP contribution is 2.07. The second kappa shape index (κ2) is 5.43. The predicted molar refractivity (Wildman–Crippen MR) is 51.1 cm³/mol. The Hall–Kier alpha value is -1.30. The van der Waals surface area contributed by atoms with Crippen LogP contribution in [0, 0.1) is 10.1 Å². The fourth-order valence-electron chi connectivity index (χ4n) is 1.38. The number of methoxy groups -OCH3 is 1. The van der Waals surface area contributed by atoms with E-state index in [4.69, 9.17) is 4.74 Å². The lowest BCUT2D eigenvalue weighted by molar-refractivity contribution is -0.404. The molecule has 0 radical (unpaired) electrons. The molecule has 0 spiro atoms. The summed E-state index contributed by atoms with van der Waals surface area (Å²) in [6, 6.07) is 0. The third kappa shape index (κ3) is 3.21. The van der Waals surface area contributed by atoms with Crippen LogP contribution in [-0.2, 0) is 4.74 Å². The van der Waals surface area contributed by atoms with Crippen LogP contribution >= 0.6 is 0 Å². The second-order valence-electron chi connectivity index (χ2n) is 3.06. The van der Waals surface area contributed by atoms with Gasteiger partial charge in [-0.1, -0.05) is 0 Å². The van der Waals surface area contributed by atoms with Crippen molar-refractivity contribution in [1.82, 2.24) is 10.2 Å². The van der Waals surface area contributed by atoms with Crippen molar-refractivity contribution in [2.24, 2.45) is 0 Å². The molecule has 0 aliphatic carbocycles. The molecular weight excluding hydrogens is 186 g/mol. The van der Waals surface area contributed by atoms with Gasteiger partial charge in [-0.25, -0.2) is 0 Å². The first-order chi connectivity index (χ1) is 6.74. The lowest BCUT2D eigenvalue weighted by atomic mass is 10.3. The number of hydrogen-bond acceptors (Lipinski definition) is 5. The summed E-state index contributed by atoms with van der Waals surface area (Å²) in [6.07, 6.45) is 2.01. The van der Waals surface area contributed by atoms with Gasteiger partial charge in [0, 0.05) is 26.7 Å². The Balaban J connectivity index is 2.54. The average molecular weight is 201 g/mol. The molecule has 0 saturated carbocycles. The molecule has 1 aliphatic heterocycles. The molecule has 0 aromatic heterocycles. The predicted octanol–water partition coefficient (Wildman–Crippen LogP) is 0.00370. The van der Waals surface area contributed by atoms with Gasteiger partial charge in [0.25, 0.3) is 6.20 Å². The van der Waals surface area contributed by atoms with E-state index in [-0.39, 0.29) is 0 Å². The van der Waals surface area contributed by atoms with Crippen molar-refractivity contribution in [3.63, 3.8) is 0 Å². The van der Waals surface area contributed by atoms with Crippen molar-refractivity contribution in [2.45, 2.75) is 6.42 Å². The van der Waals surface area contributed by atoms with E-state index >= 15 is 0 Å². The van der Waals surface area contributed by atoms with Crippen LogP contribution in [0.2, 0.25) is 0 Å². The number of hydrogen-bond donors (Lipinski definition) is 1. The lowest BCUT2D eigenvalue weighted by Gasteiger charge is -2.30. The maximum absolute atomic E-state index is 10.3. The molecule has 1 rings (SSSR count). The van der Waals surface area contributed by atoms with Crippen molar-refractivity contribution >= 4 is 0 Å². The SMILES string of the molecule is COCCN1CCCNC1=C[N+](=O)[O-]. The minimum atomic E-state index is -0.437. The van der Waals surface area contributed by atoms with E-state index in [1.54, 1.807) is 7.11 Å². The Kier molecular flexibility index (Phi) is 4.18. The van der Waals surface area contributed by atoms with Gasteiger partial charge in [-0.05, 0) is 6.42 Å². The molecule has 80 valence electrons. The molecule has 0 aromatic carbocycles. The highest BCUT2D eigenvalue weighted by molar-refractivity contribution is 4.97. The summed E-state index contributed by atoms with van der Waals surface area (Å²) in [4.78, 5) is 11.8. The molecule has 1 saturated heterocycles. The molecule has 14 heavy (non-hydrogen) atoms. The summed E-state index contributed by atoms with van der Waals surface area (Å²) in [5, 5.41) is 13.3. The van der Waals surface area contributed by atoms with E-state index in [9.17, 15) is 10.1 Å². The van der Waals surface area contributed by atoms with Crippen molar-refractivity contribution < 1.29 is 9.66 Å². The first-order valence-corrected chi connectivity index (χ1v) is 4.57. The molecule has 0 amide bonds. The molecule has 1 N–H and O–H groups in total. The Morgan fingerprint density at radius 2 is 2.57 bits per heavy atom. The third-order valence-electron chi connectivity index (χ3n) is 2.04. The van der Waals surface area contributed by atoms with E-state index in [1.165, 1.54) is 0 Å². The Labute approximate surface area is 82.7 Å². The third-order valence-corrected chi connectivity index (χ3v) is 2.04. The zero-order chi connectivity index (χ0) is 10.4. The monoisotopic (exact) mass is 201 g/mol. The van der Waals surface area contributed by atoms with Gasteiger partial charge in [-0.3, -0.25) is 10.1 Å². The minimum Gasteiger partial charge on any atom is -0.383 e. The van der Waals surface area contributed by atoms with Gasteiger partial charge >= 0.3 is 0 Å². The quantitative estimate of drug-likeness (QED) is 0.512. The first-order valence-electron chi connectivity index (χ1n) is 4.57. The first kappa shape index (κ1) is 10.8. The fourth-order valence-corrected chi connectivity index (χ4v) is 1.38. The standard InChI is InChI=1S/C8H15N3O3/c1-14-6-5-10-4-2-3-9-8(10)7-11(12)13/h7,9H,2-6H2,1H3. The molecule has 6 nitrogen and oxygen atoms in total. The van der Waals surface area contributed by atoms with E-state index in [0.29, 0.717) is 19.0 Å². The fraction of sp³-hybridized carbons (Fsp3) is 0.750. The van der Waals surface area contributed by atoms with Crippen molar-refractivity contribution in [3.8, 4) is 0 Å². The summed E-state index contributed by atoms with van der Waals surface area (Å²) in [6.45, 7) is 2.90. The molecule has 0 bridgehead atoms. The number of nitro groups is 1. The number of rotatable bonds is 4.